The van der Waals surface area contributed by atoms with Gasteiger partial charge in [-0.05, 0) is 93.0 Å². The molecule has 3 aliphatic rings. The molecule has 2 atom stereocenters. The number of amides is 1. The zero-order valence-electron chi connectivity index (χ0n) is 23.1. The summed E-state index contributed by atoms with van der Waals surface area (Å²) in [4.78, 5) is 22.2. The predicted octanol–water partition coefficient (Wildman–Crippen LogP) is 6.65. The van der Waals surface area contributed by atoms with E-state index in [2.05, 4.69) is 26.7 Å². The first-order valence-corrected chi connectivity index (χ1v) is 14.6. The lowest BCUT2D eigenvalue weighted by atomic mass is 9.89. The van der Waals surface area contributed by atoms with Gasteiger partial charge in [0.15, 0.2) is 0 Å². The molecule has 0 N–H and O–H groups in total. The fourth-order valence-corrected chi connectivity index (χ4v) is 7.47. The fraction of sp³-hybridized carbons (Fsp3) is 0.562. The quantitative estimate of drug-likeness (QED) is 0.368. The van der Waals surface area contributed by atoms with Gasteiger partial charge in [-0.1, -0.05) is 19.3 Å². The number of benzene rings is 1. The van der Waals surface area contributed by atoms with E-state index in [0.717, 1.165) is 23.3 Å². The number of likely N-dealkylation sites (tertiary alicyclic amines) is 1. The van der Waals surface area contributed by atoms with Gasteiger partial charge in [-0.15, -0.1) is 0 Å². The second-order valence-electron chi connectivity index (χ2n) is 12.4. The maximum atomic E-state index is 14.4. The molecule has 1 aromatic carbocycles. The summed E-state index contributed by atoms with van der Waals surface area (Å²) in [5, 5.41) is 1.20. The van der Waals surface area contributed by atoms with Crippen LogP contribution in [-0.4, -0.2) is 58.0 Å². The number of fused-ring (bicyclic) bond motifs is 2. The molecule has 6 heteroatoms. The first-order chi connectivity index (χ1) is 18.4. The van der Waals surface area contributed by atoms with Gasteiger partial charge in [0.05, 0.1) is 23.0 Å². The SMILES string of the molecule is CC(C)N(C)C(=O)c1cc(F)ccc1-n1cc(C2CC3CN(CC4CCCCC4)CC3C2)c2ccncc21. The number of carbonyl (C=O) groups excluding carboxylic acids is 1. The number of rotatable bonds is 6. The summed E-state index contributed by atoms with van der Waals surface area (Å²) in [7, 11) is 1.78. The van der Waals surface area contributed by atoms with Gasteiger partial charge in [-0.2, -0.15) is 0 Å². The third kappa shape index (κ3) is 4.76. The molecule has 38 heavy (non-hydrogen) atoms. The monoisotopic (exact) mass is 516 g/mol. The average molecular weight is 517 g/mol. The van der Waals surface area contributed by atoms with E-state index in [4.69, 9.17) is 0 Å². The minimum atomic E-state index is -0.398. The van der Waals surface area contributed by atoms with Crippen LogP contribution in [0.25, 0.3) is 16.6 Å². The van der Waals surface area contributed by atoms with E-state index >= 15 is 0 Å². The molecule has 2 unspecified atom stereocenters. The van der Waals surface area contributed by atoms with Crippen molar-refractivity contribution in [3.63, 3.8) is 0 Å². The molecule has 5 nitrogen and oxygen atoms in total. The molecule has 2 aromatic heterocycles. The molecule has 0 bridgehead atoms. The van der Waals surface area contributed by atoms with E-state index in [0.29, 0.717) is 17.2 Å². The molecular formula is C32H41FN4O. The molecule has 0 spiro atoms. The van der Waals surface area contributed by atoms with E-state index in [9.17, 15) is 9.18 Å². The van der Waals surface area contributed by atoms with E-state index < -0.39 is 5.82 Å². The third-order valence-corrected chi connectivity index (χ3v) is 9.69. The summed E-state index contributed by atoms with van der Waals surface area (Å²) in [5.41, 5.74) is 3.42. The highest BCUT2D eigenvalue weighted by Gasteiger charge is 2.42. The highest BCUT2D eigenvalue weighted by Crippen LogP contribution is 2.48. The molecule has 3 aromatic rings. The molecule has 1 amide bonds. The Labute approximate surface area is 226 Å². The van der Waals surface area contributed by atoms with Gasteiger partial charge in [0.1, 0.15) is 5.82 Å². The van der Waals surface area contributed by atoms with Crippen molar-refractivity contribution in [1.82, 2.24) is 19.4 Å². The minimum absolute atomic E-state index is 0.0211. The number of hydrogen-bond donors (Lipinski definition) is 0. The number of carbonyl (C=O) groups is 1. The van der Waals surface area contributed by atoms with Crippen molar-refractivity contribution in [2.75, 3.05) is 26.7 Å². The summed E-state index contributed by atoms with van der Waals surface area (Å²) < 4.78 is 16.4. The number of pyridine rings is 1. The van der Waals surface area contributed by atoms with Gasteiger partial charge in [0.25, 0.3) is 5.91 Å². The second-order valence-corrected chi connectivity index (χ2v) is 12.4. The van der Waals surface area contributed by atoms with Crippen LogP contribution in [0.5, 0.6) is 0 Å². The largest absolute Gasteiger partial charge is 0.339 e. The van der Waals surface area contributed by atoms with Gasteiger partial charge >= 0.3 is 0 Å². The Morgan fingerprint density at radius 1 is 1.11 bits per heavy atom. The Bertz CT molecular complexity index is 1300. The lowest BCUT2D eigenvalue weighted by Gasteiger charge is -2.27. The normalized spacial score (nSPS) is 24.4. The van der Waals surface area contributed by atoms with Gasteiger partial charge < -0.3 is 14.4 Å². The fourth-order valence-electron chi connectivity index (χ4n) is 7.47. The number of aromatic nitrogens is 2. The highest BCUT2D eigenvalue weighted by molar-refractivity contribution is 5.99. The van der Waals surface area contributed by atoms with E-state index in [1.54, 1.807) is 18.0 Å². The minimum Gasteiger partial charge on any atom is -0.339 e. The van der Waals surface area contributed by atoms with Crippen LogP contribution in [0.3, 0.4) is 0 Å². The first-order valence-electron chi connectivity index (χ1n) is 14.6. The summed E-state index contributed by atoms with van der Waals surface area (Å²) in [5.74, 6) is 2.38. The Hall–Kier alpha value is -2.73. The molecule has 3 heterocycles. The van der Waals surface area contributed by atoms with Crippen molar-refractivity contribution in [1.29, 1.82) is 0 Å². The summed E-state index contributed by atoms with van der Waals surface area (Å²) in [6, 6.07) is 6.69. The van der Waals surface area contributed by atoms with Crippen molar-refractivity contribution in [3.05, 3.63) is 59.8 Å². The lowest BCUT2D eigenvalue weighted by Crippen LogP contribution is -2.33. The number of nitrogens with zero attached hydrogens (tertiary/aromatic N) is 4. The van der Waals surface area contributed by atoms with E-state index in [-0.39, 0.29) is 11.9 Å². The van der Waals surface area contributed by atoms with Crippen LogP contribution in [-0.2, 0) is 0 Å². The van der Waals surface area contributed by atoms with Crippen LogP contribution in [0.15, 0.2) is 42.9 Å². The third-order valence-electron chi connectivity index (χ3n) is 9.69. The molecule has 1 saturated heterocycles. The van der Waals surface area contributed by atoms with Crippen LogP contribution >= 0.6 is 0 Å². The maximum absolute atomic E-state index is 14.4. The molecular weight excluding hydrogens is 475 g/mol. The van der Waals surface area contributed by atoms with Crippen molar-refractivity contribution in [3.8, 4) is 5.69 Å². The van der Waals surface area contributed by atoms with Crippen LogP contribution in [0.2, 0.25) is 0 Å². The van der Waals surface area contributed by atoms with Crippen LogP contribution in [0.4, 0.5) is 4.39 Å². The Morgan fingerprint density at radius 2 is 1.84 bits per heavy atom. The van der Waals surface area contributed by atoms with Gasteiger partial charge in [-0.25, -0.2) is 4.39 Å². The molecule has 2 saturated carbocycles. The number of halogens is 1. The van der Waals surface area contributed by atoms with Gasteiger partial charge in [0.2, 0.25) is 0 Å². The lowest BCUT2D eigenvalue weighted by molar-refractivity contribution is 0.0754. The molecule has 0 radical (unpaired) electrons. The molecule has 3 fully saturated rings. The Morgan fingerprint density at radius 3 is 2.55 bits per heavy atom. The van der Waals surface area contributed by atoms with Crippen molar-refractivity contribution < 1.29 is 9.18 Å². The predicted molar refractivity (Wildman–Crippen MR) is 150 cm³/mol. The van der Waals surface area contributed by atoms with Crippen molar-refractivity contribution in [2.45, 2.75) is 70.8 Å². The zero-order valence-corrected chi connectivity index (χ0v) is 23.1. The molecule has 202 valence electrons. The smallest absolute Gasteiger partial charge is 0.256 e. The van der Waals surface area contributed by atoms with Gasteiger partial charge in [-0.3, -0.25) is 9.78 Å². The maximum Gasteiger partial charge on any atom is 0.256 e. The van der Waals surface area contributed by atoms with Crippen LogP contribution in [0, 0.1) is 23.6 Å². The Kier molecular flexibility index (Phi) is 7.02. The van der Waals surface area contributed by atoms with E-state index in [1.165, 1.54) is 87.7 Å². The highest BCUT2D eigenvalue weighted by atomic mass is 19.1. The van der Waals surface area contributed by atoms with Crippen molar-refractivity contribution >= 4 is 16.8 Å². The van der Waals surface area contributed by atoms with Crippen molar-refractivity contribution in [2.24, 2.45) is 17.8 Å². The summed E-state index contributed by atoms with van der Waals surface area (Å²) >= 11 is 0. The Balaban J connectivity index is 1.27. The zero-order chi connectivity index (χ0) is 26.4. The topological polar surface area (TPSA) is 41.4 Å². The van der Waals surface area contributed by atoms with Crippen LogP contribution < -0.4 is 0 Å². The number of hydrogen-bond acceptors (Lipinski definition) is 3. The molecule has 6 rings (SSSR count). The second kappa shape index (κ2) is 10.4. The summed E-state index contributed by atoms with van der Waals surface area (Å²) in [6.07, 6.45) is 15.5. The average Bonchev–Trinajstić information content (AvgIpc) is 3.60. The standard InChI is InChI=1S/C32H41FN4O/c1-21(2)35(3)32(38)28-15-26(33)9-10-30(28)37-20-29(27-11-12-34-16-31(27)37)23-13-24-18-36(19-25(24)14-23)17-22-7-5-4-6-8-22/h9-12,15-16,20-25H,4-8,13-14,17-19H2,1-3H3. The first kappa shape index (κ1) is 25.5. The molecule has 1 aliphatic heterocycles. The van der Waals surface area contributed by atoms with Gasteiger partial charge in [0, 0.05) is 50.5 Å². The molecule has 2 aliphatic carbocycles. The van der Waals surface area contributed by atoms with E-state index in [1.807, 2.05) is 26.2 Å². The van der Waals surface area contributed by atoms with Crippen LogP contribution in [0.1, 0.15) is 80.6 Å². The summed E-state index contributed by atoms with van der Waals surface area (Å²) in [6.45, 7) is 7.73.